The molecular weight excluding hydrogens is 265 g/mol. The first-order valence-electron chi connectivity index (χ1n) is 4.79. The molecule has 1 aromatic heterocycles. The molecule has 1 amide bonds. The van der Waals surface area contributed by atoms with Crippen molar-refractivity contribution >= 4 is 35.1 Å². The number of alkyl halides is 1. The van der Waals surface area contributed by atoms with Gasteiger partial charge >= 0.3 is 6.09 Å². The highest BCUT2D eigenvalue weighted by atomic mass is 35.5. The zero-order valence-electron chi connectivity index (χ0n) is 9.54. The van der Waals surface area contributed by atoms with Crippen LogP contribution in [0, 0.1) is 0 Å². The van der Waals surface area contributed by atoms with Crippen LogP contribution >= 0.6 is 23.2 Å². The van der Waals surface area contributed by atoms with Crippen molar-refractivity contribution in [2.24, 2.45) is 0 Å². The molecular formula is C10H13Cl2N3O2. The van der Waals surface area contributed by atoms with Crippen molar-refractivity contribution in [1.82, 2.24) is 9.88 Å². The van der Waals surface area contributed by atoms with Crippen LogP contribution in [0.15, 0.2) is 6.20 Å². The number of anilines is 1. The van der Waals surface area contributed by atoms with Crippen LogP contribution in [-0.2, 0) is 17.2 Å². The summed E-state index contributed by atoms with van der Waals surface area (Å²) in [5.41, 5.74) is 6.83. The van der Waals surface area contributed by atoms with E-state index in [9.17, 15) is 4.79 Å². The number of hydrogen-bond donors (Lipinski definition) is 1. The summed E-state index contributed by atoms with van der Waals surface area (Å²) >= 11 is 11.7. The molecule has 0 spiro atoms. The molecule has 17 heavy (non-hydrogen) atoms. The number of carbonyl (C=O) groups excluding carboxylic acids is 1. The molecule has 0 fully saturated rings. The Morgan fingerprint density at radius 3 is 2.76 bits per heavy atom. The van der Waals surface area contributed by atoms with Crippen LogP contribution in [0.3, 0.4) is 0 Å². The summed E-state index contributed by atoms with van der Waals surface area (Å²) < 4.78 is 5.02. The summed E-state index contributed by atoms with van der Waals surface area (Å²) in [5.74, 6) is 0.394. The van der Waals surface area contributed by atoms with E-state index in [1.807, 2.05) is 0 Å². The highest BCUT2D eigenvalue weighted by molar-refractivity contribution is 6.34. The number of rotatable bonds is 3. The van der Waals surface area contributed by atoms with Gasteiger partial charge in [-0.2, -0.15) is 0 Å². The van der Waals surface area contributed by atoms with Crippen molar-refractivity contribution in [2.45, 2.75) is 12.5 Å². The molecule has 1 rings (SSSR count). The van der Waals surface area contributed by atoms with Gasteiger partial charge in [0, 0.05) is 31.7 Å². The molecule has 7 heteroatoms. The van der Waals surface area contributed by atoms with Gasteiger partial charge in [-0.05, 0) is 5.56 Å². The molecule has 1 aromatic rings. The van der Waals surface area contributed by atoms with Crippen molar-refractivity contribution in [2.75, 3.05) is 19.8 Å². The van der Waals surface area contributed by atoms with E-state index in [1.165, 1.54) is 11.1 Å². The number of pyridine rings is 1. The van der Waals surface area contributed by atoms with E-state index in [0.717, 1.165) is 0 Å². The summed E-state index contributed by atoms with van der Waals surface area (Å²) in [4.78, 5) is 16.5. The molecule has 0 unspecified atom stereocenters. The Labute approximate surface area is 109 Å². The van der Waals surface area contributed by atoms with Gasteiger partial charge in [-0.15, -0.1) is 11.6 Å². The first-order valence-corrected chi connectivity index (χ1v) is 5.70. The second-order valence-corrected chi connectivity index (χ2v) is 4.19. The van der Waals surface area contributed by atoms with Crippen LogP contribution in [0.1, 0.15) is 11.1 Å². The van der Waals surface area contributed by atoms with Crippen LogP contribution in [0.4, 0.5) is 10.6 Å². The zero-order chi connectivity index (χ0) is 13.0. The van der Waals surface area contributed by atoms with Crippen molar-refractivity contribution < 1.29 is 9.53 Å². The van der Waals surface area contributed by atoms with Crippen LogP contribution in [0.2, 0.25) is 5.02 Å². The predicted molar refractivity (Wildman–Crippen MR) is 67.1 cm³/mol. The van der Waals surface area contributed by atoms with Crippen LogP contribution < -0.4 is 5.73 Å². The van der Waals surface area contributed by atoms with E-state index in [2.05, 4.69) is 4.98 Å². The largest absolute Gasteiger partial charge is 0.444 e. The van der Waals surface area contributed by atoms with E-state index in [0.29, 0.717) is 16.1 Å². The molecule has 0 radical (unpaired) electrons. The number of hydrogen-bond acceptors (Lipinski definition) is 4. The Bertz CT molecular complexity index is 424. The molecule has 0 aromatic carbocycles. The highest BCUT2D eigenvalue weighted by Crippen LogP contribution is 2.26. The average Bonchev–Trinajstić information content (AvgIpc) is 2.30. The van der Waals surface area contributed by atoms with E-state index in [-0.39, 0.29) is 18.3 Å². The lowest BCUT2D eigenvalue weighted by molar-refractivity contribution is 0.112. The Morgan fingerprint density at radius 2 is 2.24 bits per heavy atom. The molecule has 2 N–H and O–H groups in total. The van der Waals surface area contributed by atoms with Gasteiger partial charge in [0.2, 0.25) is 0 Å². The lowest BCUT2D eigenvalue weighted by Crippen LogP contribution is -2.22. The first-order chi connectivity index (χ1) is 7.97. The van der Waals surface area contributed by atoms with E-state index < -0.39 is 6.09 Å². The minimum absolute atomic E-state index is 0.0616. The molecule has 0 bridgehead atoms. The number of carbonyl (C=O) groups is 1. The van der Waals surface area contributed by atoms with Crippen LogP contribution in [-0.4, -0.2) is 30.1 Å². The number of nitrogens with zero attached hydrogens (tertiary/aromatic N) is 2. The maximum absolute atomic E-state index is 11.3. The molecule has 0 saturated heterocycles. The quantitative estimate of drug-likeness (QED) is 0.861. The van der Waals surface area contributed by atoms with Gasteiger partial charge in [0.1, 0.15) is 12.4 Å². The minimum Gasteiger partial charge on any atom is -0.444 e. The Morgan fingerprint density at radius 1 is 1.59 bits per heavy atom. The summed E-state index contributed by atoms with van der Waals surface area (Å²) in [7, 11) is 3.19. The Balaban J connectivity index is 2.85. The SMILES string of the molecule is CN(C)C(=O)OCc1cnc(N)c(Cl)c1CCl. The van der Waals surface area contributed by atoms with Crippen LogP contribution in [0.25, 0.3) is 0 Å². The fraction of sp³-hybridized carbons (Fsp3) is 0.400. The molecule has 1 heterocycles. The number of amides is 1. The topological polar surface area (TPSA) is 68.5 Å². The summed E-state index contributed by atoms with van der Waals surface area (Å²) in [6.07, 6.45) is 1.06. The number of halogens is 2. The number of nitrogen functional groups attached to an aromatic ring is 1. The Hall–Kier alpha value is -1.20. The summed E-state index contributed by atoms with van der Waals surface area (Å²) in [6.45, 7) is 0.0616. The third-order valence-corrected chi connectivity index (χ3v) is 2.78. The van der Waals surface area contributed by atoms with Gasteiger partial charge in [-0.25, -0.2) is 9.78 Å². The third kappa shape index (κ3) is 3.38. The maximum Gasteiger partial charge on any atom is 0.409 e. The normalized spacial score (nSPS) is 10.1. The van der Waals surface area contributed by atoms with Crippen molar-refractivity contribution in [3.63, 3.8) is 0 Å². The first kappa shape index (κ1) is 13.9. The maximum atomic E-state index is 11.3. The van der Waals surface area contributed by atoms with Crippen molar-refractivity contribution in [3.05, 3.63) is 22.3 Å². The fourth-order valence-corrected chi connectivity index (χ4v) is 1.73. The summed E-state index contributed by atoms with van der Waals surface area (Å²) in [6, 6.07) is 0. The molecule has 0 aliphatic carbocycles. The van der Waals surface area contributed by atoms with E-state index in [1.54, 1.807) is 14.1 Å². The second-order valence-electron chi connectivity index (χ2n) is 3.54. The lowest BCUT2D eigenvalue weighted by atomic mass is 10.1. The van der Waals surface area contributed by atoms with Crippen molar-refractivity contribution in [3.8, 4) is 0 Å². The van der Waals surface area contributed by atoms with Gasteiger partial charge in [-0.1, -0.05) is 11.6 Å². The van der Waals surface area contributed by atoms with Gasteiger partial charge in [0.15, 0.2) is 0 Å². The van der Waals surface area contributed by atoms with Gasteiger partial charge in [0.25, 0.3) is 0 Å². The summed E-state index contributed by atoms with van der Waals surface area (Å²) in [5, 5.41) is 0.304. The number of aromatic nitrogens is 1. The number of ether oxygens (including phenoxy) is 1. The minimum atomic E-state index is -0.446. The second kappa shape index (κ2) is 5.93. The van der Waals surface area contributed by atoms with Gasteiger partial charge in [0.05, 0.1) is 5.02 Å². The van der Waals surface area contributed by atoms with Crippen molar-refractivity contribution in [1.29, 1.82) is 0 Å². The average molecular weight is 278 g/mol. The van der Waals surface area contributed by atoms with Gasteiger partial charge in [-0.3, -0.25) is 0 Å². The molecule has 0 atom stereocenters. The van der Waals surface area contributed by atoms with E-state index >= 15 is 0 Å². The highest BCUT2D eigenvalue weighted by Gasteiger charge is 2.13. The third-order valence-electron chi connectivity index (χ3n) is 2.09. The Kier molecular flexibility index (Phi) is 4.84. The zero-order valence-corrected chi connectivity index (χ0v) is 11.0. The molecule has 94 valence electrons. The monoisotopic (exact) mass is 277 g/mol. The fourth-order valence-electron chi connectivity index (χ4n) is 1.12. The molecule has 0 saturated carbocycles. The van der Waals surface area contributed by atoms with Gasteiger partial charge < -0.3 is 15.4 Å². The van der Waals surface area contributed by atoms with E-state index in [4.69, 9.17) is 33.7 Å². The van der Waals surface area contributed by atoms with Crippen LogP contribution in [0.5, 0.6) is 0 Å². The molecule has 0 aliphatic heterocycles. The molecule has 5 nitrogen and oxygen atoms in total. The predicted octanol–water partition coefficient (Wildman–Crippen LogP) is 2.25. The standard InChI is InChI=1S/C10H13Cl2N3O2/c1-15(2)10(16)17-5-6-4-14-9(13)8(12)7(6)3-11/h4H,3,5H2,1-2H3,(H2,13,14). The lowest BCUT2D eigenvalue weighted by Gasteiger charge is -2.13. The number of nitrogens with two attached hydrogens (primary N) is 1. The molecule has 0 aliphatic rings. The smallest absolute Gasteiger partial charge is 0.409 e.